The number of ether oxygens (including phenoxy) is 1. The van der Waals surface area contributed by atoms with Crippen molar-refractivity contribution in [2.24, 2.45) is 0 Å². The van der Waals surface area contributed by atoms with E-state index in [0.717, 1.165) is 19.3 Å². The summed E-state index contributed by atoms with van der Waals surface area (Å²) in [6.07, 6.45) is 2.64. The molecule has 1 aromatic carbocycles. The molecule has 1 fully saturated rings. The lowest BCUT2D eigenvalue weighted by Crippen LogP contribution is -2.46. The van der Waals surface area contributed by atoms with Gasteiger partial charge in [-0.2, -0.15) is 0 Å². The number of halogens is 4. The predicted molar refractivity (Wildman–Crippen MR) is 86.3 cm³/mol. The highest BCUT2D eigenvalue weighted by molar-refractivity contribution is 5.52. The van der Waals surface area contributed by atoms with Crippen LogP contribution in [0.3, 0.4) is 0 Å². The number of unbranched alkanes of at least 4 members (excludes halogenated alkanes) is 3. The molecule has 0 saturated carbocycles. The molecular formula is C18H25F4NO. The number of rotatable bonds is 6. The van der Waals surface area contributed by atoms with Crippen molar-refractivity contribution < 1.29 is 22.3 Å². The summed E-state index contributed by atoms with van der Waals surface area (Å²) >= 11 is 0. The van der Waals surface area contributed by atoms with Crippen molar-refractivity contribution in [3.63, 3.8) is 0 Å². The van der Waals surface area contributed by atoms with Crippen molar-refractivity contribution >= 4 is 5.69 Å². The Morgan fingerprint density at radius 2 is 1.42 bits per heavy atom. The van der Waals surface area contributed by atoms with Crippen molar-refractivity contribution in [3.05, 3.63) is 28.8 Å². The van der Waals surface area contributed by atoms with Crippen molar-refractivity contribution in [1.82, 2.24) is 0 Å². The van der Waals surface area contributed by atoms with Gasteiger partial charge >= 0.3 is 0 Å². The second-order valence-electron chi connectivity index (χ2n) is 6.56. The molecule has 1 aliphatic heterocycles. The SMILES string of the molecule is CCCCCCc1c(F)c(F)c(N2C[C@@H](C)O[C@@H](C)C2)c(F)c1F. The highest BCUT2D eigenvalue weighted by Crippen LogP contribution is 2.33. The van der Waals surface area contributed by atoms with Gasteiger partial charge in [-0.1, -0.05) is 26.2 Å². The summed E-state index contributed by atoms with van der Waals surface area (Å²) in [6, 6.07) is 0. The fourth-order valence-electron chi connectivity index (χ4n) is 3.25. The first-order chi connectivity index (χ1) is 11.4. The fourth-order valence-corrected chi connectivity index (χ4v) is 3.25. The molecule has 0 aromatic heterocycles. The third-order valence-electron chi connectivity index (χ3n) is 4.35. The van der Waals surface area contributed by atoms with E-state index in [1.807, 2.05) is 6.92 Å². The second-order valence-corrected chi connectivity index (χ2v) is 6.56. The molecule has 1 aliphatic rings. The van der Waals surface area contributed by atoms with Gasteiger partial charge < -0.3 is 9.64 Å². The predicted octanol–water partition coefficient (Wildman–Crippen LogP) is 4.98. The summed E-state index contributed by atoms with van der Waals surface area (Å²) in [5.41, 5.74) is -1.11. The standard InChI is InChI=1S/C18H25F4NO/c1-4-5-6-7-8-13-14(19)16(21)18(17(22)15(13)20)23-9-11(2)24-12(3)10-23/h11-12H,4-10H2,1-3H3/t11-,12+. The molecule has 0 unspecified atom stereocenters. The Hall–Kier alpha value is -1.30. The average molecular weight is 347 g/mol. The maximum absolute atomic E-state index is 14.5. The molecule has 0 N–H and O–H groups in total. The Kier molecular flexibility index (Phi) is 6.49. The number of benzene rings is 1. The Morgan fingerprint density at radius 3 is 1.92 bits per heavy atom. The van der Waals surface area contributed by atoms with Crippen molar-refractivity contribution in [2.45, 2.75) is 65.1 Å². The van der Waals surface area contributed by atoms with Gasteiger partial charge in [0.25, 0.3) is 0 Å². The van der Waals surface area contributed by atoms with E-state index in [4.69, 9.17) is 4.74 Å². The van der Waals surface area contributed by atoms with Gasteiger partial charge in [0.05, 0.1) is 12.2 Å². The van der Waals surface area contributed by atoms with Crippen LogP contribution in [0.15, 0.2) is 0 Å². The zero-order valence-corrected chi connectivity index (χ0v) is 14.5. The molecule has 1 heterocycles. The van der Waals surface area contributed by atoms with Crippen LogP contribution in [0.2, 0.25) is 0 Å². The molecule has 0 spiro atoms. The first-order valence-corrected chi connectivity index (χ1v) is 8.62. The Balaban J connectivity index is 2.30. The molecule has 0 amide bonds. The molecule has 136 valence electrons. The van der Waals surface area contributed by atoms with Crippen LogP contribution in [0, 0.1) is 23.3 Å². The molecule has 0 aliphatic carbocycles. The van der Waals surface area contributed by atoms with Crippen LogP contribution in [0.5, 0.6) is 0 Å². The molecule has 2 nitrogen and oxygen atoms in total. The maximum Gasteiger partial charge on any atom is 0.185 e. The highest BCUT2D eigenvalue weighted by Gasteiger charge is 2.32. The van der Waals surface area contributed by atoms with Crippen molar-refractivity contribution in [1.29, 1.82) is 0 Å². The van der Waals surface area contributed by atoms with Gasteiger partial charge in [-0.05, 0) is 26.7 Å². The number of hydrogen-bond donors (Lipinski definition) is 0. The van der Waals surface area contributed by atoms with E-state index < -0.39 is 34.5 Å². The minimum absolute atomic E-state index is 0.00169. The third-order valence-corrected chi connectivity index (χ3v) is 4.35. The molecule has 1 aromatic rings. The molecule has 1 saturated heterocycles. The lowest BCUT2D eigenvalue weighted by Gasteiger charge is -2.37. The van der Waals surface area contributed by atoms with Gasteiger partial charge in [0, 0.05) is 18.7 Å². The molecule has 2 rings (SSSR count). The van der Waals surface area contributed by atoms with Crippen molar-refractivity contribution in [3.8, 4) is 0 Å². The minimum Gasteiger partial charge on any atom is -0.372 e. The van der Waals surface area contributed by atoms with E-state index in [9.17, 15) is 17.6 Å². The Morgan fingerprint density at radius 1 is 0.875 bits per heavy atom. The van der Waals surface area contributed by atoms with Gasteiger partial charge in [-0.25, -0.2) is 17.6 Å². The Labute approximate surface area is 140 Å². The third kappa shape index (κ3) is 4.02. The van der Waals surface area contributed by atoms with Gasteiger partial charge in [0.2, 0.25) is 0 Å². The lowest BCUT2D eigenvalue weighted by molar-refractivity contribution is -0.00566. The van der Waals surface area contributed by atoms with E-state index in [2.05, 4.69) is 0 Å². The largest absolute Gasteiger partial charge is 0.372 e. The number of hydrogen-bond acceptors (Lipinski definition) is 2. The quantitative estimate of drug-likeness (QED) is 0.409. The first kappa shape index (κ1) is 19.0. The van der Waals surface area contributed by atoms with Gasteiger partial charge in [-0.3, -0.25) is 0 Å². The monoisotopic (exact) mass is 347 g/mol. The van der Waals surface area contributed by atoms with Gasteiger partial charge in [-0.15, -0.1) is 0 Å². The molecule has 0 radical (unpaired) electrons. The van der Waals surface area contributed by atoms with E-state index in [-0.39, 0.29) is 31.7 Å². The minimum atomic E-state index is -1.30. The van der Waals surface area contributed by atoms with Crippen LogP contribution >= 0.6 is 0 Å². The summed E-state index contributed by atoms with van der Waals surface area (Å²) in [6.45, 7) is 5.90. The van der Waals surface area contributed by atoms with E-state index >= 15 is 0 Å². The van der Waals surface area contributed by atoms with Crippen LogP contribution in [-0.4, -0.2) is 25.3 Å². The number of nitrogens with zero attached hydrogens (tertiary/aromatic N) is 1. The normalized spacial score (nSPS) is 21.4. The summed E-state index contributed by atoms with van der Waals surface area (Å²) < 4.78 is 63.1. The molecule has 2 atom stereocenters. The highest BCUT2D eigenvalue weighted by atomic mass is 19.2. The zero-order chi connectivity index (χ0) is 17.9. The maximum atomic E-state index is 14.5. The summed E-state index contributed by atoms with van der Waals surface area (Å²) in [5.74, 6) is -5.15. The number of morpholine rings is 1. The van der Waals surface area contributed by atoms with Gasteiger partial charge in [0.1, 0.15) is 5.69 Å². The van der Waals surface area contributed by atoms with E-state index in [0.29, 0.717) is 6.42 Å². The smallest absolute Gasteiger partial charge is 0.185 e. The fraction of sp³-hybridized carbons (Fsp3) is 0.667. The molecule has 0 bridgehead atoms. The van der Waals surface area contributed by atoms with Gasteiger partial charge in [0.15, 0.2) is 23.3 Å². The Bertz CT molecular complexity index is 540. The van der Waals surface area contributed by atoms with E-state index in [1.54, 1.807) is 13.8 Å². The topological polar surface area (TPSA) is 12.5 Å². The first-order valence-electron chi connectivity index (χ1n) is 8.62. The van der Waals surface area contributed by atoms with Crippen LogP contribution < -0.4 is 4.90 Å². The summed E-state index contributed by atoms with van der Waals surface area (Å²) in [4.78, 5) is 1.33. The summed E-state index contributed by atoms with van der Waals surface area (Å²) in [5, 5.41) is 0. The van der Waals surface area contributed by atoms with Crippen LogP contribution in [-0.2, 0) is 11.2 Å². The molecule has 24 heavy (non-hydrogen) atoms. The van der Waals surface area contributed by atoms with E-state index in [1.165, 1.54) is 4.90 Å². The molecular weight excluding hydrogens is 322 g/mol. The zero-order valence-electron chi connectivity index (χ0n) is 14.5. The second kappa shape index (κ2) is 8.19. The van der Waals surface area contributed by atoms with Crippen LogP contribution in [0.25, 0.3) is 0 Å². The molecule has 6 heteroatoms. The number of anilines is 1. The lowest BCUT2D eigenvalue weighted by atomic mass is 10.0. The summed E-state index contributed by atoms with van der Waals surface area (Å²) in [7, 11) is 0. The van der Waals surface area contributed by atoms with Crippen LogP contribution in [0.1, 0.15) is 52.0 Å². The van der Waals surface area contributed by atoms with Crippen molar-refractivity contribution in [2.75, 3.05) is 18.0 Å². The average Bonchev–Trinajstić information content (AvgIpc) is 2.51. The van der Waals surface area contributed by atoms with Crippen LogP contribution in [0.4, 0.5) is 23.2 Å².